The summed E-state index contributed by atoms with van der Waals surface area (Å²) in [7, 11) is 3.34. The molecule has 0 N–H and O–H groups in total. The fourth-order valence-electron chi connectivity index (χ4n) is 6.21. The quantitative estimate of drug-likeness (QED) is 0.247. The highest BCUT2D eigenvalue weighted by Gasteiger charge is 2.49. The second-order valence-electron chi connectivity index (χ2n) is 12.0. The van der Waals surface area contributed by atoms with Crippen molar-refractivity contribution in [2.24, 2.45) is 10.8 Å². The maximum absolute atomic E-state index is 13.9. The van der Waals surface area contributed by atoms with Crippen molar-refractivity contribution in [2.45, 2.75) is 72.6 Å². The summed E-state index contributed by atoms with van der Waals surface area (Å²) in [5.41, 5.74) is 4.36. The molecule has 7 heteroatoms. The molecule has 0 atom stereocenters. The Morgan fingerprint density at radius 3 is 2.00 bits per heavy atom. The van der Waals surface area contributed by atoms with Crippen LogP contribution in [-0.2, 0) is 14.3 Å². The number of nitrogens with zero attached hydrogens (tertiary/aromatic N) is 1. The number of rotatable bonds is 8. The van der Waals surface area contributed by atoms with Gasteiger partial charge in [-0.1, -0.05) is 27.7 Å². The summed E-state index contributed by atoms with van der Waals surface area (Å²) in [5.74, 6) is 1.21. The third-order valence-electron chi connectivity index (χ3n) is 7.63. The van der Waals surface area contributed by atoms with Crippen LogP contribution in [0.5, 0.6) is 11.5 Å². The Hall–Kier alpha value is -1.87. The lowest BCUT2D eigenvalue weighted by molar-refractivity contribution is -0.119. The van der Waals surface area contributed by atoms with E-state index >= 15 is 0 Å². The van der Waals surface area contributed by atoms with Crippen LogP contribution in [0.1, 0.15) is 78.2 Å². The number of benzene rings is 1. The molecule has 0 bridgehead atoms. The summed E-state index contributed by atoms with van der Waals surface area (Å²) in [6.45, 7) is 12.5. The highest BCUT2D eigenvalue weighted by molar-refractivity contribution is 14.1. The molecular weight excluding hydrogens is 581 g/mol. The second kappa shape index (κ2) is 10.7. The number of carbonyl (C=O) groups is 2. The Labute approximate surface area is 234 Å². The third-order valence-corrected chi connectivity index (χ3v) is 8.43. The van der Waals surface area contributed by atoms with Gasteiger partial charge in [-0.05, 0) is 77.3 Å². The van der Waals surface area contributed by atoms with E-state index in [0.717, 1.165) is 57.5 Å². The monoisotopic (exact) mass is 621 g/mol. The van der Waals surface area contributed by atoms with Crippen LogP contribution in [-0.4, -0.2) is 50.4 Å². The van der Waals surface area contributed by atoms with Crippen LogP contribution in [0.15, 0.2) is 34.7 Å². The molecule has 0 saturated carbocycles. The topological polar surface area (TPSA) is 65.1 Å². The van der Waals surface area contributed by atoms with Gasteiger partial charge < -0.3 is 19.1 Å². The van der Waals surface area contributed by atoms with Gasteiger partial charge in [0.25, 0.3) is 0 Å². The van der Waals surface area contributed by atoms with E-state index in [1.807, 2.05) is 13.0 Å². The van der Waals surface area contributed by atoms with Gasteiger partial charge >= 0.3 is 0 Å². The summed E-state index contributed by atoms with van der Waals surface area (Å²) >= 11 is 2.27. The number of methoxy groups -OCH3 is 2. The lowest BCUT2D eigenvalue weighted by Crippen LogP contribution is -2.44. The molecule has 0 unspecified atom stereocenters. The van der Waals surface area contributed by atoms with Crippen LogP contribution in [0, 0.1) is 14.4 Å². The summed E-state index contributed by atoms with van der Waals surface area (Å²) in [4.78, 5) is 30.2. The van der Waals surface area contributed by atoms with Gasteiger partial charge in [-0.2, -0.15) is 0 Å². The van der Waals surface area contributed by atoms with Crippen LogP contribution in [0.4, 0.5) is 0 Å². The van der Waals surface area contributed by atoms with Crippen LogP contribution >= 0.6 is 22.6 Å². The van der Waals surface area contributed by atoms with E-state index in [9.17, 15) is 9.59 Å². The van der Waals surface area contributed by atoms with Crippen molar-refractivity contribution in [1.82, 2.24) is 4.90 Å². The largest absolute Gasteiger partial charge is 0.493 e. The maximum Gasteiger partial charge on any atom is 0.174 e. The molecule has 6 nitrogen and oxygen atoms in total. The van der Waals surface area contributed by atoms with E-state index in [0.29, 0.717) is 37.6 Å². The number of ether oxygens (including phenoxy) is 3. The average Bonchev–Trinajstić information content (AvgIpc) is 2.79. The molecule has 37 heavy (non-hydrogen) atoms. The molecule has 202 valence electrons. The zero-order valence-corrected chi connectivity index (χ0v) is 25.4. The van der Waals surface area contributed by atoms with E-state index in [-0.39, 0.29) is 22.4 Å². The predicted octanol–water partition coefficient (Wildman–Crippen LogP) is 6.42. The Morgan fingerprint density at radius 2 is 1.51 bits per heavy atom. The summed E-state index contributed by atoms with van der Waals surface area (Å²) in [5, 5.41) is 0. The lowest BCUT2D eigenvalue weighted by atomic mass is 9.63. The summed E-state index contributed by atoms with van der Waals surface area (Å²) in [6, 6.07) is 4.03. The Kier molecular flexibility index (Phi) is 8.15. The van der Waals surface area contributed by atoms with Gasteiger partial charge in [0.15, 0.2) is 23.1 Å². The Morgan fingerprint density at radius 1 is 0.946 bits per heavy atom. The third kappa shape index (κ3) is 5.49. The van der Waals surface area contributed by atoms with Gasteiger partial charge in [0.2, 0.25) is 0 Å². The lowest BCUT2D eigenvalue weighted by Gasteiger charge is -2.49. The zero-order chi connectivity index (χ0) is 27.1. The van der Waals surface area contributed by atoms with Crippen molar-refractivity contribution in [3.8, 4) is 11.5 Å². The fourth-order valence-corrected chi connectivity index (χ4v) is 6.99. The van der Waals surface area contributed by atoms with Gasteiger partial charge in [0.1, 0.15) is 0 Å². The van der Waals surface area contributed by atoms with Crippen LogP contribution in [0.25, 0.3) is 0 Å². The molecule has 0 saturated heterocycles. The standard InChI is InChI=1S/C30H40INO5/c1-8-37-28-19(31)12-18(13-24(28)36-7)25-26-20(14-29(2,3)16-22(26)33)32(10-9-11-35-6)21-15-30(4,5)17-23(34)27(21)25/h12-13,25H,8-11,14-17H2,1-7H3. The normalized spacial score (nSPS) is 21.2. The highest BCUT2D eigenvalue weighted by atomic mass is 127. The van der Waals surface area contributed by atoms with E-state index in [1.54, 1.807) is 14.2 Å². The molecule has 0 spiro atoms. The van der Waals surface area contributed by atoms with Crippen molar-refractivity contribution < 1.29 is 23.8 Å². The van der Waals surface area contributed by atoms with Crippen LogP contribution in [0.3, 0.4) is 0 Å². The molecule has 0 radical (unpaired) electrons. The van der Waals surface area contributed by atoms with E-state index in [2.05, 4.69) is 61.3 Å². The number of hydrogen-bond donors (Lipinski definition) is 0. The minimum Gasteiger partial charge on any atom is -0.493 e. The highest BCUT2D eigenvalue weighted by Crippen LogP contribution is 2.55. The van der Waals surface area contributed by atoms with E-state index < -0.39 is 5.92 Å². The van der Waals surface area contributed by atoms with Crippen LogP contribution in [0.2, 0.25) is 0 Å². The first-order valence-electron chi connectivity index (χ1n) is 13.2. The predicted molar refractivity (Wildman–Crippen MR) is 153 cm³/mol. The van der Waals surface area contributed by atoms with Crippen molar-refractivity contribution in [3.63, 3.8) is 0 Å². The molecule has 3 aliphatic rings. The minimum atomic E-state index is -0.394. The van der Waals surface area contributed by atoms with Gasteiger partial charge in [0.05, 0.1) is 17.3 Å². The number of hydrogen-bond acceptors (Lipinski definition) is 6. The average molecular weight is 622 g/mol. The minimum absolute atomic E-state index is 0.139. The van der Waals surface area contributed by atoms with Gasteiger partial charge in [0, 0.05) is 61.6 Å². The Bertz CT molecular complexity index is 1110. The first kappa shape index (κ1) is 28.1. The van der Waals surface area contributed by atoms with Crippen molar-refractivity contribution >= 4 is 34.2 Å². The SMILES string of the molecule is CCOc1c(I)cc(C2C3=C(CC(C)(C)CC3=O)N(CCCOC)C3=C2C(=O)CC(C)(C)C3)cc1OC. The number of ketones is 2. The van der Waals surface area contributed by atoms with E-state index in [1.165, 1.54) is 0 Å². The Balaban J connectivity index is 1.98. The summed E-state index contributed by atoms with van der Waals surface area (Å²) < 4.78 is 17.9. The van der Waals surface area contributed by atoms with E-state index in [4.69, 9.17) is 14.2 Å². The van der Waals surface area contributed by atoms with Crippen molar-refractivity contribution in [1.29, 1.82) is 0 Å². The van der Waals surface area contributed by atoms with Gasteiger partial charge in [-0.3, -0.25) is 9.59 Å². The first-order chi connectivity index (χ1) is 17.4. The molecule has 1 aromatic rings. The molecule has 4 rings (SSSR count). The molecule has 0 aromatic heterocycles. The summed E-state index contributed by atoms with van der Waals surface area (Å²) in [6.07, 6.45) is 3.37. The van der Waals surface area contributed by atoms with Crippen molar-refractivity contribution in [3.05, 3.63) is 43.8 Å². The number of carbonyl (C=O) groups excluding carboxylic acids is 2. The molecule has 1 aromatic carbocycles. The molecule has 1 heterocycles. The number of Topliss-reactive ketones (excluding diaryl/α,β-unsaturated/α-hetero) is 2. The molecule has 0 amide bonds. The molecule has 1 aliphatic heterocycles. The van der Waals surface area contributed by atoms with Gasteiger partial charge in [-0.25, -0.2) is 0 Å². The molecular formula is C30H40INO5. The van der Waals surface area contributed by atoms with Crippen molar-refractivity contribution in [2.75, 3.05) is 34.0 Å². The number of halogens is 1. The molecule has 0 fully saturated rings. The number of allylic oxidation sites excluding steroid dienone is 4. The first-order valence-corrected chi connectivity index (χ1v) is 14.3. The molecule has 2 aliphatic carbocycles. The van der Waals surface area contributed by atoms with Crippen LogP contribution < -0.4 is 9.47 Å². The fraction of sp³-hybridized carbons (Fsp3) is 0.600. The van der Waals surface area contributed by atoms with Gasteiger partial charge in [-0.15, -0.1) is 0 Å². The maximum atomic E-state index is 13.9. The second-order valence-corrected chi connectivity index (χ2v) is 13.2. The zero-order valence-electron chi connectivity index (χ0n) is 23.3. The smallest absolute Gasteiger partial charge is 0.174 e.